The highest BCUT2D eigenvalue weighted by molar-refractivity contribution is 7.92. The minimum atomic E-state index is -3.45. The fourth-order valence-corrected chi connectivity index (χ4v) is 4.86. The first-order valence-electron chi connectivity index (χ1n) is 10.7. The van der Waals surface area contributed by atoms with E-state index in [0.29, 0.717) is 11.3 Å². The molecule has 5 nitrogen and oxygen atoms in total. The van der Waals surface area contributed by atoms with Gasteiger partial charge in [0.25, 0.3) is 5.91 Å². The molecule has 0 saturated carbocycles. The van der Waals surface area contributed by atoms with E-state index in [0.717, 1.165) is 24.0 Å². The van der Waals surface area contributed by atoms with Crippen LogP contribution in [-0.2, 0) is 23.0 Å². The molecule has 0 aromatic heterocycles. The highest BCUT2D eigenvalue weighted by atomic mass is 32.2. The number of hydrogen-bond donors (Lipinski definition) is 1. The molecule has 0 aliphatic carbocycles. The molecular weight excluding hydrogens is 408 g/mol. The quantitative estimate of drug-likeness (QED) is 0.611. The summed E-state index contributed by atoms with van der Waals surface area (Å²) in [7, 11) is -3.45. The number of aryl methyl sites for hydroxylation is 1. The van der Waals surface area contributed by atoms with Gasteiger partial charge in [-0.15, -0.1) is 0 Å². The predicted octanol–water partition coefficient (Wildman–Crippen LogP) is 5.16. The Morgan fingerprint density at radius 1 is 0.903 bits per heavy atom. The third kappa shape index (κ3) is 7.69. The van der Waals surface area contributed by atoms with Gasteiger partial charge in [-0.25, -0.2) is 8.42 Å². The van der Waals surface area contributed by atoms with Crippen LogP contribution in [-0.4, -0.2) is 26.1 Å². The molecule has 0 aliphatic heterocycles. The monoisotopic (exact) mass is 444 g/mol. The van der Waals surface area contributed by atoms with Gasteiger partial charge in [-0.05, 0) is 67.5 Å². The lowest BCUT2D eigenvalue weighted by Crippen LogP contribution is -2.45. The summed E-state index contributed by atoms with van der Waals surface area (Å²) in [5, 5.41) is 3.10. The van der Waals surface area contributed by atoms with Gasteiger partial charge in [0.2, 0.25) is 10.0 Å². The number of benzene rings is 2. The average Bonchev–Trinajstić information content (AvgIpc) is 2.63. The number of sulfonamides is 1. The summed E-state index contributed by atoms with van der Waals surface area (Å²) in [5.74, 6) is -0.129. The minimum Gasteiger partial charge on any atom is -0.347 e. The number of nitrogens with zero attached hydrogens (tertiary/aromatic N) is 1. The molecule has 31 heavy (non-hydrogen) atoms. The third-order valence-corrected chi connectivity index (χ3v) is 6.14. The molecule has 0 bridgehead atoms. The molecule has 2 aromatic rings. The fourth-order valence-electron chi connectivity index (χ4n) is 3.97. The van der Waals surface area contributed by atoms with Crippen LogP contribution in [0.4, 0.5) is 5.69 Å². The van der Waals surface area contributed by atoms with Crippen LogP contribution < -0.4 is 9.62 Å². The van der Waals surface area contributed by atoms with Gasteiger partial charge in [-0.2, -0.15) is 0 Å². The van der Waals surface area contributed by atoms with Crippen molar-refractivity contribution >= 4 is 21.6 Å². The molecular formula is C25H36N2O3S. The summed E-state index contributed by atoms with van der Waals surface area (Å²) in [4.78, 5) is 12.7. The zero-order chi connectivity index (χ0) is 23.4. The second-order valence-corrected chi connectivity index (χ2v) is 12.0. The molecule has 0 aliphatic rings. The van der Waals surface area contributed by atoms with Crippen LogP contribution in [0.5, 0.6) is 0 Å². The van der Waals surface area contributed by atoms with Crippen LogP contribution in [0.15, 0.2) is 48.5 Å². The number of rotatable bonds is 8. The maximum Gasteiger partial charge on any atom is 0.251 e. The number of carbonyl (C=O) groups excluding carboxylic acids is 1. The van der Waals surface area contributed by atoms with Crippen molar-refractivity contribution in [3.63, 3.8) is 0 Å². The standard InChI is InChI=1S/C25H36N2O3S/c1-8-19-11-15-22(16-12-19)27(31(7,29)30)17-20-9-13-21(14-10-20)23(28)26-25(5,6)18-24(2,3)4/h9-16H,8,17-18H2,1-7H3,(H,26,28). The Balaban J connectivity index is 2.16. The molecule has 0 heterocycles. The second-order valence-electron chi connectivity index (χ2n) is 10.1. The summed E-state index contributed by atoms with van der Waals surface area (Å²) in [5.41, 5.74) is 2.93. The average molecular weight is 445 g/mol. The molecule has 170 valence electrons. The van der Waals surface area contributed by atoms with Crippen LogP contribution in [0.2, 0.25) is 0 Å². The van der Waals surface area contributed by atoms with Crippen molar-refractivity contribution in [2.24, 2.45) is 5.41 Å². The van der Waals surface area contributed by atoms with Crippen LogP contribution in [0.1, 0.15) is 69.4 Å². The van der Waals surface area contributed by atoms with Gasteiger partial charge >= 0.3 is 0 Å². The normalized spacial score (nSPS) is 12.5. The smallest absolute Gasteiger partial charge is 0.251 e. The molecule has 1 amide bonds. The van der Waals surface area contributed by atoms with Crippen LogP contribution in [0, 0.1) is 5.41 Å². The van der Waals surface area contributed by atoms with E-state index in [-0.39, 0.29) is 23.4 Å². The van der Waals surface area contributed by atoms with E-state index in [2.05, 4.69) is 33.0 Å². The lowest BCUT2D eigenvalue weighted by Gasteiger charge is -2.33. The Kier molecular flexibility index (Phi) is 7.58. The molecule has 2 rings (SSSR count). The molecule has 1 N–H and O–H groups in total. The largest absolute Gasteiger partial charge is 0.347 e. The number of nitrogens with one attached hydrogen (secondary N) is 1. The van der Waals surface area contributed by atoms with E-state index in [9.17, 15) is 13.2 Å². The zero-order valence-electron chi connectivity index (χ0n) is 19.8. The molecule has 0 saturated heterocycles. The molecule has 2 aromatic carbocycles. The topological polar surface area (TPSA) is 66.5 Å². The van der Waals surface area contributed by atoms with Crippen LogP contribution >= 0.6 is 0 Å². The van der Waals surface area contributed by atoms with Crippen molar-refractivity contribution < 1.29 is 13.2 Å². The van der Waals surface area contributed by atoms with Crippen molar-refractivity contribution in [1.29, 1.82) is 0 Å². The van der Waals surface area contributed by atoms with Gasteiger partial charge < -0.3 is 5.32 Å². The Bertz CT molecular complexity index is 987. The van der Waals surface area contributed by atoms with E-state index in [1.165, 1.54) is 10.6 Å². The van der Waals surface area contributed by atoms with Crippen molar-refractivity contribution in [3.8, 4) is 0 Å². The Morgan fingerprint density at radius 2 is 1.42 bits per heavy atom. The molecule has 0 unspecified atom stereocenters. The molecule has 0 spiro atoms. The second kappa shape index (κ2) is 9.43. The van der Waals surface area contributed by atoms with Crippen molar-refractivity contribution in [2.45, 2.75) is 66.5 Å². The van der Waals surface area contributed by atoms with Gasteiger partial charge in [0.05, 0.1) is 18.5 Å². The van der Waals surface area contributed by atoms with Crippen molar-refractivity contribution in [2.75, 3.05) is 10.6 Å². The lowest BCUT2D eigenvalue weighted by atomic mass is 9.81. The van der Waals surface area contributed by atoms with E-state index >= 15 is 0 Å². The minimum absolute atomic E-state index is 0.102. The van der Waals surface area contributed by atoms with Crippen LogP contribution in [0.3, 0.4) is 0 Å². The van der Waals surface area contributed by atoms with Crippen molar-refractivity contribution in [1.82, 2.24) is 5.32 Å². The number of anilines is 1. The first kappa shape index (κ1) is 24.9. The summed E-state index contributed by atoms with van der Waals surface area (Å²) < 4.78 is 26.2. The first-order chi connectivity index (χ1) is 14.2. The molecule has 0 atom stereocenters. The highest BCUT2D eigenvalue weighted by Crippen LogP contribution is 2.27. The summed E-state index contributed by atoms with van der Waals surface area (Å²) in [6, 6.07) is 14.7. The van der Waals surface area contributed by atoms with Gasteiger partial charge in [0.15, 0.2) is 0 Å². The van der Waals surface area contributed by atoms with Gasteiger partial charge in [0, 0.05) is 11.1 Å². The van der Waals surface area contributed by atoms with Gasteiger partial charge in [-0.1, -0.05) is 52.0 Å². The lowest BCUT2D eigenvalue weighted by molar-refractivity contribution is 0.0891. The summed E-state index contributed by atoms with van der Waals surface area (Å²) >= 11 is 0. The fraction of sp³-hybridized carbons (Fsp3) is 0.480. The maximum absolute atomic E-state index is 12.7. The summed E-state index contributed by atoms with van der Waals surface area (Å²) in [6.07, 6.45) is 2.96. The van der Waals surface area contributed by atoms with E-state index in [1.54, 1.807) is 12.1 Å². The zero-order valence-corrected chi connectivity index (χ0v) is 20.6. The Hall–Kier alpha value is -2.34. The van der Waals surface area contributed by atoms with Crippen molar-refractivity contribution in [3.05, 3.63) is 65.2 Å². The first-order valence-corrected chi connectivity index (χ1v) is 12.5. The van der Waals surface area contributed by atoms with Gasteiger partial charge in [-0.3, -0.25) is 9.10 Å². The Labute approximate surface area is 187 Å². The Morgan fingerprint density at radius 3 is 1.87 bits per heavy atom. The number of amides is 1. The van der Waals surface area contributed by atoms with E-state index in [4.69, 9.17) is 0 Å². The highest BCUT2D eigenvalue weighted by Gasteiger charge is 2.27. The number of hydrogen-bond acceptors (Lipinski definition) is 3. The SMILES string of the molecule is CCc1ccc(N(Cc2ccc(C(=O)NC(C)(C)CC(C)(C)C)cc2)S(C)(=O)=O)cc1. The summed E-state index contributed by atoms with van der Waals surface area (Å²) in [6.45, 7) is 12.8. The van der Waals surface area contributed by atoms with Crippen LogP contribution in [0.25, 0.3) is 0 Å². The predicted molar refractivity (Wildman–Crippen MR) is 129 cm³/mol. The van der Waals surface area contributed by atoms with E-state index < -0.39 is 10.0 Å². The molecule has 0 fully saturated rings. The third-order valence-electron chi connectivity index (χ3n) is 5.00. The number of carbonyl (C=O) groups is 1. The molecule has 0 radical (unpaired) electrons. The maximum atomic E-state index is 12.7. The van der Waals surface area contributed by atoms with E-state index in [1.807, 2.05) is 50.2 Å². The molecule has 6 heteroatoms. The van der Waals surface area contributed by atoms with Gasteiger partial charge in [0.1, 0.15) is 0 Å².